The van der Waals surface area contributed by atoms with Crippen molar-refractivity contribution in [3.63, 3.8) is 0 Å². The second kappa shape index (κ2) is 8.97. The summed E-state index contributed by atoms with van der Waals surface area (Å²) in [4.78, 5) is 24.3. The van der Waals surface area contributed by atoms with E-state index in [2.05, 4.69) is 5.32 Å². The number of carbonyl (C=O) groups is 2. The van der Waals surface area contributed by atoms with Crippen LogP contribution in [0.4, 0.5) is 5.69 Å². The number of nitrogens with one attached hydrogen (secondary N) is 1. The number of rotatable bonds is 9. The van der Waals surface area contributed by atoms with Gasteiger partial charge in [-0.2, -0.15) is 0 Å². The molecule has 0 aliphatic carbocycles. The molecule has 0 heterocycles. The highest BCUT2D eigenvalue weighted by Gasteiger charge is 2.11. The molecule has 1 rings (SSSR count). The number of hydrogen-bond acceptors (Lipinski definition) is 4. The summed E-state index contributed by atoms with van der Waals surface area (Å²) in [7, 11) is 1.58. The second-order valence-electron chi connectivity index (χ2n) is 4.70. The van der Waals surface area contributed by atoms with Crippen molar-refractivity contribution in [2.24, 2.45) is 0 Å². The second-order valence-corrected chi connectivity index (χ2v) is 4.70. The predicted octanol–water partition coefficient (Wildman–Crippen LogP) is 1.82. The quantitative estimate of drug-likeness (QED) is 0.726. The Morgan fingerprint density at radius 1 is 1.24 bits per heavy atom. The lowest BCUT2D eigenvalue weighted by atomic mass is 10.2. The van der Waals surface area contributed by atoms with E-state index in [1.807, 2.05) is 6.92 Å². The highest BCUT2D eigenvalue weighted by Crippen LogP contribution is 2.15. The summed E-state index contributed by atoms with van der Waals surface area (Å²) in [6, 6.07) is 7.06. The maximum absolute atomic E-state index is 11.8. The first-order chi connectivity index (χ1) is 10.0. The van der Waals surface area contributed by atoms with Crippen LogP contribution in [-0.2, 0) is 9.59 Å². The molecule has 0 aliphatic rings. The number of benzene rings is 1. The Morgan fingerprint density at radius 2 is 1.90 bits per heavy atom. The Balaban J connectivity index is 2.42. The van der Waals surface area contributed by atoms with Gasteiger partial charge in [-0.05, 0) is 37.2 Å². The number of carboxylic acids is 1. The maximum Gasteiger partial charge on any atom is 0.317 e. The average molecular weight is 294 g/mol. The van der Waals surface area contributed by atoms with Crippen LogP contribution in [0, 0.1) is 0 Å². The Hall–Kier alpha value is -2.08. The summed E-state index contributed by atoms with van der Waals surface area (Å²) in [5, 5.41) is 11.6. The SMILES string of the molecule is CCCN(CCC(=O)Nc1ccc(OC)cc1)CC(=O)O. The van der Waals surface area contributed by atoms with Crippen LogP contribution in [0.5, 0.6) is 5.75 Å². The van der Waals surface area contributed by atoms with Gasteiger partial charge in [0.1, 0.15) is 5.75 Å². The fourth-order valence-electron chi connectivity index (χ4n) is 1.93. The van der Waals surface area contributed by atoms with Gasteiger partial charge in [-0.3, -0.25) is 14.5 Å². The van der Waals surface area contributed by atoms with Gasteiger partial charge in [0, 0.05) is 18.7 Å². The molecule has 6 heteroatoms. The fraction of sp³-hybridized carbons (Fsp3) is 0.467. The first-order valence-corrected chi connectivity index (χ1v) is 6.93. The van der Waals surface area contributed by atoms with E-state index < -0.39 is 5.97 Å². The Bertz CT molecular complexity index is 459. The number of nitrogens with zero attached hydrogens (tertiary/aromatic N) is 1. The summed E-state index contributed by atoms with van der Waals surface area (Å²) in [6.07, 6.45) is 1.12. The topological polar surface area (TPSA) is 78.9 Å². The van der Waals surface area contributed by atoms with E-state index in [9.17, 15) is 9.59 Å². The van der Waals surface area contributed by atoms with Crippen LogP contribution < -0.4 is 10.1 Å². The van der Waals surface area contributed by atoms with Gasteiger partial charge in [0.15, 0.2) is 0 Å². The van der Waals surface area contributed by atoms with Crippen LogP contribution in [0.25, 0.3) is 0 Å². The monoisotopic (exact) mass is 294 g/mol. The fourth-order valence-corrected chi connectivity index (χ4v) is 1.93. The number of amides is 1. The summed E-state index contributed by atoms with van der Waals surface area (Å²) < 4.78 is 5.04. The van der Waals surface area contributed by atoms with Crippen LogP contribution in [0.15, 0.2) is 24.3 Å². The lowest BCUT2D eigenvalue weighted by Crippen LogP contribution is -2.33. The van der Waals surface area contributed by atoms with Crippen LogP contribution in [0.1, 0.15) is 19.8 Å². The number of methoxy groups -OCH3 is 1. The van der Waals surface area contributed by atoms with Crippen LogP contribution >= 0.6 is 0 Å². The van der Waals surface area contributed by atoms with Crippen molar-refractivity contribution in [1.82, 2.24) is 4.90 Å². The van der Waals surface area contributed by atoms with Gasteiger partial charge in [0.05, 0.1) is 13.7 Å². The molecule has 0 spiro atoms. The molecular weight excluding hydrogens is 272 g/mol. The van der Waals surface area contributed by atoms with Gasteiger partial charge < -0.3 is 15.2 Å². The Labute approximate surface area is 124 Å². The summed E-state index contributed by atoms with van der Waals surface area (Å²) in [6.45, 7) is 3.04. The van der Waals surface area contributed by atoms with Gasteiger partial charge in [-0.25, -0.2) is 0 Å². The zero-order chi connectivity index (χ0) is 15.7. The van der Waals surface area contributed by atoms with Gasteiger partial charge in [0.25, 0.3) is 0 Å². The normalized spacial score (nSPS) is 10.4. The molecule has 0 fully saturated rings. The minimum Gasteiger partial charge on any atom is -0.497 e. The predicted molar refractivity (Wildman–Crippen MR) is 80.6 cm³/mol. The van der Waals surface area contributed by atoms with E-state index in [1.165, 1.54) is 0 Å². The summed E-state index contributed by atoms with van der Waals surface area (Å²) >= 11 is 0. The molecule has 21 heavy (non-hydrogen) atoms. The first kappa shape index (κ1) is 17.0. The van der Waals surface area contributed by atoms with Crippen LogP contribution in [-0.4, -0.2) is 48.6 Å². The third-order valence-corrected chi connectivity index (χ3v) is 2.93. The van der Waals surface area contributed by atoms with Crippen molar-refractivity contribution < 1.29 is 19.4 Å². The number of ether oxygens (including phenoxy) is 1. The average Bonchev–Trinajstić information content (AvgIpc) is 2.45. The summed E-state index contributed by atoms with van der Waals surface area (Å²) in [5.41, 5.74) is 0.695. The molecule has 1 aromatic rings. The largest absolute Gasteiger partial charge is 0.497 e. The van der Waals surface area contributed by atoms with Crippen molar-refractivity contribution in [1.29, 1.82) is 0 Å². The first-order valence-electron chi connectivity index (χ1n) is 6.93. The highest BCUT2D eigenvalue weighted by molar-refractivity contribution is 5.90. The minimum atomic E-state index is -0.876. The van der Waals surface area contributed by atoms with Crippen LogP contribution in [0.2, 0.25) is 0 Å². The van der Waals surface area contributed by atoms with Crippen molar-refractivity contribution >= 4 is 17.6 Å². The maximum atomic E-state index is 11.8. The van der Waals surface area contributed by atoms with E-state index in [4.69, 9.17) is 9.84 Å². The number of carbonyl (C=O) groups excluding carboxylic acids is 1. The molecule has 2 N–H and O–H groups in total. The zero-order valence-electron chi connectivity index (χ0n) is 12.5. The molecule has 0 unspecified atom stereocenters. The molecule has 1 amide bonds. The molecule has 0 saturated heterocycles. The third kappa shape index (κ3) is 6.76. The number of aliphatic carboxylic acids is 1. The minimum absolute atomic E-state index is 0.0380. The van der Waals surface area contributed by atoms with E-state index in [0.29, 0.717) is 18.8 Å². The Morgan fingerprint density at radius 3 is 2.43 bits per heavy atom. The third-order valence-electron chi connectivity index (χ3n) is 2.93. The molecule has 0 atom stereocenters. The lowest BCUT2D eigenvalue weighted by Gasteiger charge is -2.18. The Kier molecular flexibility index (Phi) is 7.25. The molecule has 6 nitrogen and oxygen atoms in total. The molecule has 0 saturated carbocycles. The number of anilines is 1. The van der Waals surface area contributed by atoms with E-state index in [0.717, 1.165) is 12.2 Å². The standard InChI is InChI=1S/C15H22N2O4/c1-3-9-17(11-15(19)20)10-8-14(18)16-12-4-6-13(21-2)7-5-12/h4-7H,3,8-11H2,1-2H3,(H,16,18)(H,19,20). The van der Waals surface area contributed by atoms with Gasteiger partial charge in [-0.1, -0.05) is 6.92 Å². The lowest BCUT2D eigenvalue weighted by molar-refractivity contribution is -0.138. The zero-order valence-corrected chi connectivity index (χ0v) is 12.5. The van der Waals surface area contributed by atoms with Crippen molar-refractivity contribution in [2.75, 3.05) is 32.1 Å². The van der Waals surface area contributed by atoms with Gasteiger partial charge in [0.2, 0.25) is 5.91 Å². The molecule has 1 aromatic carbocycles. The summed E-state index contributed by atoms with van der Waals surface area (Å²) in [5.74, 6) is -0.283. The van der Waals surface area contributed by atoms with Crippen molar-refractivity contribution in [3.8, 4) is 5.75 Å². The van der Waals surface area contributed by atoms with E-state index >= 15 is 0 Å². The highest BCUT2D eigenvalue weighted by atomic mass is 16.5. The molecule has 0 radical (unpaired) electrons. The number of carboxylic acid groups (broad SMARTS) is 1. The van der Waals surface area contributed by atoms with Gasteiger partial charge in [-0.15, -0.1) is 0 Å². The van der Waals surface area contributed by atoms with E-state index in [-0.39, 0.29) is 18.9 Å². The van der Waals surface area contributed by atoms with E-state index in [1.54, 1.807) is 36.3 Å². The molecule has 0 aromatic heterocycles. The van der Waals surface area contributed by atoms with Crippen LogP contribution in [0.3, 0.4) is 0 Å². The molecular formula is C15H22N2O4. The molecule has 0 bridgehead atoms. The number of hydrogen-bond donors (Lipinski definition) is 2. The van der Waals surface area contributed by atoms with Crippen molar-refractivity contribution in [2.45, 2.75) is 19.8 Å². The molecule has 116 valence electrons. The van der Waals surface area contributed by atoms with Crippen molar-refractivity contribution in [3.05, 3.63) is 24.3 Å². The molecule has 0 aliphatic heterocycles. The smallest absolute Gasteiger partial charge is 0.317 e. The van der Waals surface area contributed by atoms with Gasteiger partial charge >= 0.3 is 5.97 Å².